The summed E-state index contributed by atoms with van der Waals surface area (Å²) in [6.07, 6.45) is 1.53. The van der Waals surface area contributed by atoms with Crippen molar-refractivity contribution in [1.29, 1.82) is 0 Å². The van der Waals surface area contributed by atoms with E-state index >= 15 is 0 Å². The Balaban J connectivity index is 2.17. The summed E-state index contributed by atoms with van der Waals surface area (Å²) in [5, 5.41) is 5.55. The Morgan fingerprint density at radius 2 is 2.15 bits per heavy atom. The minimum absolute atomic E-state index is 0.139. The molecule has 0 fully saturated rings. The summed E-state index contributed by atoms with van der Waals surface area (Å²) in [5.74, 6) is -0.266. The molecule has 1 amide bonds. The number of aromatic nitrogens is 1. The lowest BCUT2D eigenvalue weighted by molar-refractivity contribution is 0.102. The predicted molar refractivity (Wildman–Crippen MR) is 80.5 cm³/mol. The van der Waals surface area contributed by atoms with Crippen LogP contribution in [0.15, 0.2) is 41.0 Å². The van der Waals surface area contributed by atoms with Crippen LogP contribution in [0, 0.1) is 5.82 Å². The van der Waals surface area contributed by atoms with Gasteiger partial charge in [0, 0.05) is 22.8 Å². The van der Waals surface area contributed by atoms with Crippen LogP contribution in [-0.2, 0) is 0 Å². The molecule has 6 heteroatoms. The number of nitrogens with one attached hydrogen (secondary N) is 2. The van der Waals surface area contributed by atoms with Gasteiger partial charge in [0.25, 0.3) is 5.91 Å². The van der Waals surface area contributed by atoms with Crippen LogP contribution in [0.3, 0.4) is 0 Å². The van der Waals surface area contributed by atoms with Crippen LogP contribution in [-0.4, -0.2) is 17.4 Å². The quantitative estimate of drug-likeness (QED) is 0.894. The molecule has 0 aliphatic carbocycles. The Morgan fingerprint density at radius 1 is 1.35 bits per heavy atom. The van der Waals surface area contributed by atoms with Gasteiger partial charge in [0.15, 0.2) is 0 Å². The normalized spacial score (nSPS) is 10.2. The van der Waals surface area contributed by atoms with Crippen molar-refractivity contribution in [2.75, 3.05) is 17.2 Å². The van der Waals surface area contributed by atoms with Gasteiger partial charge in [-0.2, -0.15) is 0 Å². The fourth-order valence-corrected chi connectivity index (χ4v) is 1.97. The highest BCUT2D eigenvalue weighted by atomic mass is 79.9. The first-order valence-corrected chi connectivity index (χ1v) is 6.85. The number of amides is 1. The van der Waals surface area contributed by atoms with Crippen molar-refractivity contribution in [2.45, 2.75) is 6.92 Å². The molecule has 0 saturated heterocycles. The van der Waals surface area contributed by atoms with Crippen LogP contribution in [0.5, 0.6) is 0 Å². The first kappa shape index (κ1) is 14.5. The van der Waals surface area contributed by atoms with Gasteiger partial charge in [-0.25, -0.2) is 9.37 Å². The van der Waals surface area contributed by atoms with E-state index < -0.39 is 5.82 Å². The molecule has 0 radical (unpaired) electrons. The Bertz CT molecular complexity index is 634. The number of halogens is 2. The van der Waals surface area contributed by atoms with Crippen LogP contribution in [0.4, 0.5) is 15.9 Å². The standard InChI is InChI=1S/C14H13BrFN3O/c1-2-17-13-7-9(5-6-18-13)14(20)19-12-4-3-10(15)8-11(12)16/h3-8H,2H2,1H3,(H,17,18)(H,19,20). The average molecular weight is 338 g/mol. The van der Waals surface area contributed by atoms with Gasteiger partial charge in [0.1, 0.15) is 11.6 Å². The highest BCUT2D eigenvalue weighted by Gasteiger charge is 2.10. The fraction of sp³-hybridized carbons (Fsp3) is 0.143. The summed E-state index contributed by atoms with van der Waals surface area (Å²) < 4.78 is 14.3. The van der Waals surface area contributed by atoms with E-state index in [4.69, 9.17) is 0 Å². The summed E-state index contributed by atoms with van der Waals surface area (Å²) in [4.78, 5) is 16.1. The average Bonchev–Trinajstić information content (AvgIpc) is 2.42. The van der Waals surface area contributed by atoms with Crippen LogP contribution in [0.25, 0.3) is 0 Å². The number of anilines is 2. The molecule has 4 nitrogen and oxygen atoms in total. The van der Waals surface area contributed by atoms with Crippen molar-refractivity contribution < 1.29 is 9.18 Å². The molecule has 0 aliphatic rings. The van der Waals surface area contributed by atoms with E-state index in [2.05, 4.69) is 31.5 Å². The van der Waals surface area contributed by atoms with Gasteiger partial charge in [-0.15, -0.1) is 0 Å². The summed E-state index contributed by atoms with van der Waals surface area (Å²) in [6.45, 7) is 2.64. The van der Waals surface area contributed by atoms with Gasteiger partial charge in [-0.1, -0.05) is 15.9 Å². The van der Waals surface area contributed by atoms with Gasteiger partial charge in [-0.05, 0) is 37.3 Å². The molecule has 0 saturated carbocycles. The number of carbonyl (C=O) groups excluding carboxylic acids is 1. The molecule has 2 rings (SSSR count). The Morgan fingerprint density at radius 3 is 2.85 bits per heavy atom. The molecule has 0 atom stereocenters. The van der Waals surface area contributed by atoms with E-state index in [1.807, 2.05) is 6.92 Å². The molecular weight excluding hydrogens is 325 g/mol. The lowest BCUT2D eigenvalue weighted by atomic mass is 10.2. The third-order valence-corrected chi connectivity index (χ3v) is 3.05. The van der Waals surface area contributed by atoms with Gasteiger partial charge in [0.05, 0.1) is 5.69 Å². The summed E-state index contributed by atoms with van der Waals surface area (Å²) in [6, 6.07) is 7.66. The van der Waals surface area contributed by atoms with Gasteiger partial charge in [0.2, 0.25) is 0 Å². The molecule has 2 N–H and O–H groups in total. The van der Waals surface area contributed by atoms with Gasteiger partial charge < -0.3 is 10.6 Å². The molecule has 20 heavy (non-hydrogen) atoms. The van der Waals surface area contributed by atoms with Crippen molar-refractivity contribution in [1.82, 2.24) is 4.98 Å². The first-order chi connectivity index (χ1) is 9.60. The van der Waals surface area contributed by atoms with Crippen molar-refractivity contribution in [3.8, 4) is 0 Å². The second-order valence-electron chi connectivity index (χ2n) is 4.04. The van der Waals surface area contributed by atoms with Crippen molar-refractivity contribution in [3.63, 3.8) is 0 Å². The zero-order valence-electron chi connectivity index (χ0n) is 10.8. The number of nitrogens with zero attached hydrogens (tertiary/aromatic N) is 1. The molecular formula is C14H13BrFN3O. The van der Waals surface area contributed by atoms with E-state index in [-0.39, 0.29) is 11.6 Å². The monoisotopic (exact) mass is 337 g/mol. The van der Waals surface area contributed by atoms with E-state index in [0.717, 1.165) is 0 Å². The topological polar surface area (TPSA) is 54.0 Å². The smallest absolute Gasteiger partial charge is 0.255 e. The number of rotatable bonds is 4. The predicted octanol–water partition coefficient (Wildman–Crippen LogP) is 3.67. The largest absolute Gasteiger partial charge is 0.370 e. The molecule has 0 unspecified atom stereocenters. The number of pyridine rings is 1. The summed E-state index contributed by atoms with van der Waals surface area (Å²) >= 11 is 3.16. The lowest BCUT2D eigenvalue weighted by Gasteiger charge is -2.08. The maximum atomic E-state index is 13.7. The summed E-state index contributed by atoms with van der Waals surface area (Å²) in [5.41, 5.74) is 0.554. The van der Waals surface area contributed by atoms with E-state index in [1.165, 1.54) is 18.3 Å². The third kappa shape index (κ3) is 3.54. The van der Waals surface area contributed by atoms with Crippen LogP contribution in [0.1, 0.15) is 17.3 Å². The third-order valence-electron chi connectivity index (χ3n) is 2.56. The number of hydrogen-bond donors (Lipinski definition) is 2. The highest BCUT2D eigenvalue weighted by molar-refractivity contribution is 9.10. The SMILES string of the molecule is CCNc1cc(C(=O)Nc2ccc(Br)cc2F)ccn1. The first-order valence-electron chi connectivity index (χ1n) is 6.06. The lowest BCUT2D eigenvalue weighted by Crippen LogP contribution is -2.13. The fourth-order valence-electron chi connectivity index (χ4n) is 1.63. The molecule has 1 heterocycles. The second-order valence-corrected chi connectivity index (χ2v) is 4.95. The molecule has 0 bridgehead atoms. The minimum Gasteiger partial charge on any atom is -0.370 e. The number of benzene rings is 1. The zero-order valence-corrected chi connectivity index (χ0v) is 12.4. The van der Waals surface area contributed by atoms with E-state index in [9.17, 15) is 9.18 Å². The maximum absolute atomic E-state index is 13.7. The van der Waals surface area contributed by atoms with Crippen LogP contribution in [0.2, 0.25) is 0 Å². The molecule has 1 aromatic heterocycles. The second kappa shape index (κ2) is 6.47. The molecule has 0 aliphatic heterocycles. The highest BCUT2D eigenvalue weighted by Crippen LogP contribution is 2.20. The Kier molecular flexibility index (Phi) is 4.68. The van der Waals surface area contributed by atoms with Gasteiger partial charge in [-0.3, -0.25) is 4.79 Å². The zero-order chi connectivity index (χ0) is 14.5. The van der Waals surface area contributed by atoms with Crippen LogP contribution >= 0.6 is 15.9 Å². The minimum atomic E-state index is -0.492. The maximum Gasteiger partial charge on any atom is 0.255 e. The molecule has 104 valence electrons. The van der Waals surface area contributed by atoms with E-state index in [0.29, 0.717) is 22.4 Å². The number of carbonyl (C=O) groups is 1. The van der Waals surface area contributed by atoms with Crippen LogP contribution < -0.4 is 10.6 Å². The van der Waals surface area contributed by atoms with Gasteiger partial charge >= 0.3 is 0 Å². The van der Waals surface area contributed by atoms with Crippen molar-refractivity contribution >= 4 is 33.3 Å². The Labute approximate surface area is 124 Å². The molecule has 2 aromatic rings. The molecule has 1 aromatic carbocycles. The molecule has 0 spiro atoms. The van der Waals surface area contributed by atoms with Crippen molar-refractivity contribution in [2.24, 2.45) is 0 Å². The van der Waals surface area contributed by atoms with E-state index in [1.54, 1.807) is 18.2 Å². The van der Waals surface area contributed by atoms with Crippen molar-refractivity contribution in [3.05, 3.63) is 52.4 Å². The number of hydrogen-bond acceptors (Lipinski definition) is 3. The Hall–Kier alpha value is -1.95. The summed E-state index contributed by atoms with van der Waals surface area (Å²) in [7, 11) is 0.